The molecule has 1 heterocycles. The third-order valence-corrected chi connectivity index (χ3v) is 1.58. The van der Waals surface area contributed by atoms with Gasteiger partial charge in [0.25, 0.3) is 0 Å². The summed E-state index contributed by atoms with van der Waals surface area (Å²) >= 11 is 0. The molecular formula is C9H13N3O3. The van der Waals surface area contributed by atoms with Crippen molar-refractivity contribution in [1.29, 1.82) is 0 Å². The lowest BCUT2D eigenvalue weighted by Gasteiger charge is -2.17. The van der Waals surface area contributed by atoms with Crippen LogP contribution in [-0.4, -0.2) is 38.3 Å². The summed E-state index contributed by atoms with van der Waals surface area (Å²) in [4.78, 5) is 18.1. The number of carboxylic acids is 1. The van der Waals surface area contributed by atoms with E-state index < -0.39 is 11.6 Å². The van der Waals surface area contributed by atoms with Gasteiger partial charge in [0.2, 0.25) is 5.95 Å². The summed E-state index contributed by atoms with van der Waals surface area (Å²) in [6.07, 6.45) is 2.42. The highest BCUT2D eigenvalue weighted by Crippen LogP contribution is 2.04. The van der Waals surface area contributed by atoms with Crippen LogP contribution in [-0.2, 0) is 0 Å². The molecule has 82 valence electrons. The first-order chi connectivity index (χ1) is 6.88. The molecule has 0 aromatic carbocycles. The minimum atomic E-state index is -1.07. The number of hydrogen-bond donors (Lipinski definition) is 3. The molecule has 0 aliphatic rings. The van der Waals surface area contributed by atoms with Crippen molar-refractivity contribution >= 4 is 11.9 Å². The van der Waals surface area contributed by atoms with Gasteiger partial charge in [-0.15, -0.1) is 0 Å². The molecule has 0 amide bonds. The third kappa shape index (κ3) is 3.90. The van der Waals surface area contributed by atoms with Crippen molar-refractivity contribution in [2.24, 2.45) is 0 Å². The predicted molar refractivity (Wildman–Crippen MR) is 53.8 cm³/mol. The number of nitrogens with zero attached hydrogens (tertiary/aromatic N) is 2. The lowest BCUT2D eigenvalue weighted by Crippen LogP contribution is -2.29. The van der Waals surface area contributed by atoms with Crippen LogP contribution >= 0.6 is 0 Å². The molecule has 0 unspecified atom stereocenters. The number of anilines is 1. The van der Waals surface area contributed by atoms with Crippen LogP contribution < -0.4 is 5.32 Å². The van der Waals surface area contributed by atoms with Gasteiger partial charge in [-0.25, -0.2) is 14.8 Å². The molecule has 3 N–H and O–H groups in total. The molecule has 0 radical (unpaired) electrons. The van der Waals surface area contributed by atoms with Gasteiger partial charge in [-0.2, -0.15) is 0 Å². The second kappa shape index (κ2) is 4.22. The minimum Gasteiger partial charge on any atom is -0.478 e. The molecule has 0 atom stereocenters. The Labute approximate surface area is 87.0 Å². The molecule has 0 spiro atoms. The Kier molecular flexibility index (Phi) is 3.21. The summed E-state index contributed by atoms with van der Waals surface area (Å²) in [5.74, 6) is -0.772. The molecule has 15 heavy (non-hydrogen) atoms. The molecule has 6 nitrogen and oxygen atoms in total. The van der Waals surface area contributed by atoms with Gasteiger partial charge in [0.15, 0.2) is 0 Å². The Morgan fingerprint density at radius 2 is 2.00 bits per heavy atom. The normalized spacial score (nSPS) is 11.1. The van der Waals surface area contributed by atoms with Crippen molar-refractivity contribution in [2.45, 2.75) is 19.4 Å². The summed E-state index contributed by atoms with van der Waals surface area (Å²) in [5.41, 5.74) is -0.835. The number of nitrogens with one attached hydrogen (secondary N) is 1. The first-order valence-corrected chi connectivity index (χ1v) is 4.40. The maximum absolute atomic E-state index is 10.5. The molecule has 1 aromatic rings. The van der Waals surface area contributed by atoms with Gasteiger partial charge in [0.05, 0.1) is 11.2 Å². The van der Waals surface area contributed by atoms with Crippen molar-refractivity contribution in [3.05, 3.63) is 18.0 Å². The van der Waals surface area contributed by atoms with Gasteiger partial charge in [-0.3, -0.25) is 0 Å². The molecule has 0 aliphatic heterocycles. The highest BCUT2D eigenvalue weighted by Gasteiger charge is 2.12. The summed E-state index contributed by atoms with van der Waals surface area (Å²) < 4.78 is 0. The Hall–Kier alpha value is -1.69. The summed E-state index contributed by atoms with van der Waals surface area (Å²) in [6, 6.07) is 0. The topological polar surface area (TPSA) is 95.3 Å². The number of rotatable bonds is 4. The number of aromatic nitrogens is 2. The number of aliphatic hydroxyl groups is 1. The molecule has 0 bridgehead atoms. The number of aromatic carboxylic acids is 1. The Morgan fingerprint density at radius 1 is 1.47 bits per heavy atom. The van der Waals surface area contributed by atoms with Crippen LogP contribution in [0.5, 0.6) is 0 Å². The van der Waals surface area contributed by atoms with E-state index in [2.05, 4.69) is 15.3 Å². The largest absolute Gasteiger partial charge is 0.478 e. The van der Waals surface area contributed by atoms with Gasteiger partial charge < -0.3 is 15.5 Å². The monoisotopic (exact) mass is 211 g/mol. The predicted octanol–water partition coefficient (Wildman–Crippen LogP) is 0.358. The Morgan fingerprint density at radius 3 is 2.40 bits per heavy atom. The molecule has 0 saturated heterocycles. The second-order valence-electron chi connectivity index (χ2n) is 3.77. The van der Waals surface area contributed by atoms with Crippen LogP contribution in [0.3, 0.4) is 0 Å². The number of carboxylic acid groups (broad SMARTS) is 1. The number of carbonyl (C=O) groups is 1. The summed E-state index contributed by atoms with van der Waals surface area (Å²) in [7, 11) is 0. The molecule has 1 aromatic heterocycles. The maximum atomic E-state index is 10.5. The van der Waals surface area contributed by atoms with Crippen LogP contribution in [0.2, 0.25) is 0 Å². The zero-order chi connectivity index (χ0) is 11.5. The van der Waals surface area contributed by atoms with E-state index >= 15 is 0 Å². The van der Waals surface area contributed by atoms with E-state index in [-0.39, 0.29) is 5.56 Å². The molecule has 6 heteroatoms. The highest BCUT2D eigenvalue weighted by molar-refractivity contribution is 5.86. The zero-order valence-corrected chi connectivity index (χ0v) is 8.56. The van der Waals surface area contributed by atoms with Crippen LogP contribution in [0.1, 0.15) is 24.2 Å². The first-order valence-electron chi connectivity index (χ1n) is 4.40. The van der Waals surface area contributed by atoms with Gasteiger partial charge in [0.1, 0.15) is 0 Å². The van der Waals surface area contributed by atoms with E-state index in [9.17, 15) is 9.90 Å². The van der Waals surface area contributed by atoms with Crippen molar-refractivity contribution in [3.8, 4) is 0 Å². The average molecular weight is 211 g/mol. The highest BCUT2D eigenvalue weighted by atomic mass is 16.4. The van der Waals surface area contributed by atoms with Gasteiger partial charge in [-0.05, 0) is 13.8 Å². The summed E-state index contributed by atoms with van der Waals surface area (Å²) in [6.45, 7) is 3.58. The zero-order valence-electron chi connectivity index (χ0n) is 8.56. The molecule has 1 rings (SSSR count). The van der Waals surface area contributed by atoms with Gasteiger partial charge >= 0.3 is 5.97 Å². The molecule has 0 aliphatic carbocycles. The molecular weight excluding hydrogens is 198 g/mol. The van der Waals surface area contributed by atoms with Crippen molar-refractivity contribution < 1.29 is 15.0 Å². The van der Waals surface area contributed by atoms with Crippen molar-refractivity contribution in [1.82, 2.24) is 9.97 Å². The Balaban J connectivity index is 2.61. The van der Waals surface area contributed by atoms with Crippen LogP contribution in [0.25, 0.3) is 0 Å². The minimum absolute atomic E-state index is 0.0313. The first kappa shape index (κ1) is 11.4. The van der Waals surface area contributed by atoms with Crippen molar-refractivity contribution in [2.75, 3.05) is 11.9 Å². The van der Waals surface area contributed by atoms with Gasteiger partial charge in [0, 0.05) is 18.9 Å². The second-order valence-corrected chi connectivity index (χ2v) is 3.77. The van der Waals surface area contributed by atoms with E-state index in [0.717, 1.165) is 0 Å². The van der Waals surface area contributed by atoms with Crippen LogP contribution in [0, 0.1) is 0 Å². The van der Waals surface area contributed by atoms with Crippen LogP contribution in [0.15, 0.2) is 12.4 Å². The van der Waals surface area contributed by atoms with E-state index in [1.807, 2.05) is 0 Å². The summed E-state index contributed by atoms with van der Waals surface area (Å²) in [5, 5.41) is 20.8. The van der Waals surface area contributed by atoms with E-state index in [1.54, 1.807) is 13.8 Å². The Bertz CT molecular complexity index is 343. The van der Waals surface area contributed by atoms with E-state index in [0.29, 0.717) is 12.5 Å². The smallest absolute Gasteiger partial charge is 0.338 e. The van der Waals surface area contributed by atoms with Crippen LogP contribution in [0.4, 0.5) is 5.95 Å². The quantitative estimate of drug-likeness (QED) is 0.665. The lowest BCUT2D eigenvalue weighted by molar-refractivity contribution is 0.0695. The van der Waals surface area contributed by atoms with Crippen molar-refractivity contribution in [3.63, 3.8) is 0 Å². The fraction of sp³-hybridized carbons (Fsp3) is 0.444. The number of hydrogen-bond acceptors (Lipinski definition) is 5. The van der Waals surface area contributed by atoms with E-state index in [1.165, 1.54) is 12.4 Å². The lowest BCUT2D eigenvalue weighted by atomic mass is 10.1. The average Bonchev–Trinajstić information content (AvgIpc) is 2.14. The molecule has 0 saturated carbocycles. The van der Waals surface area contributed by atoms with Gasteiger partial charge in [-0.1, -0.05) is 0 Å². The SMILES string of the molecule is CC(C)(O)CNc1ncc(C(=O)O)cn1. The van der Waals surface area contributed by atoms with E-state index in [4.69, 9.17) is 5.11 Å². The standard InChI is InChI=1S/C9H13N3O3/c1-9(2,15)5-12-8-10-3-6(4-11-8)7(13)14/h3-4,15H,5H2,1-2H3,(H,13,14)(H,10,11,12). The maximum Gasteiger partial charge on any atom is 0.338 e. The fourth-order valence-electron chi connectivity index (χ4n) is 0.825. The fourth-order valence-corrected chi connectivity index (χ4v) is 0.825. The molecule has 0 fully saturated rings. The third-order valence-electron chi connectivity index (χ3n) is 1.58.